The predicted octanol–water partition coefficient (Wildman–Crippen LogP) is 7.94. The molecule has 0 aromatic rings. The number of aliphatic hydroxyl groups excluding tert-OH is 5. The van der Waals surface area contributed by atoms with Gasteiger partial charge in [0.2, 0.25) is 0 Å². The maximum absolute atomic E-state index is 12.8. The summed E-state index contributed by atoms with van der Waals surface area (Å²) in [6, 6.07) is 0. The van der Waals surface area contributed by atoms with Crippen molar-refractivity contribution in [2.75, 3.05) is 13.2 Å². The highest BCUT2D eigenvalue weighted by Crippen LogP contribution is 2.47. The van der Waals surface area contributed by atoms with E-state index in [1.807, 2.05) is 0 Å². The van der Waals surface area contributed by atoms with Crippen LogP contribution in [0.15, 0.2) is 72.9 Å². The van der Waals surface area contributed by atoms with E-state index in [2.05, 4.69) is 86.8 Å². The van der Waals surface area contributed by atoms with Gasteiger partial charge in [-0.1, -0.05) is 125 Å². The Morgan fingerprint density at radius 1 is 0.559 bits per heavy atom. The molecule has 0 spiro atoms. The number of carbonyl (C=O) groups excluding carboxylic acids is 2. The maximum Gasteiger partial charge on any atom is 0.472 e. The minimum atomic E-state index is -5.13. The number of aliphatic hydroxyl groups is 5. The van der Waals surface area contributed by atoms with Gasteiger partial charge >= 0.3 is 19.8 Å². The van der Waals surface area contributed by atoms with Crippen LogP contribution in [0.1, 0.15) is 142 Å². The maximum atomic E-state index is 12.8. The first kappa shape index (κ1) is 54.3. The minimum absolute atomic E-state index is 0.0660. The Balaban J connectivity index is 2.54. The lowest BCUT2D eigenvalue weighted by molar-refractivity contribution is -0.220. The number of esters is 2. The molecule has 1 aliphatic rings. The molecule has 0 bridgehead atoms. The molecule has 0 aromatic carbocycles. The van der Waals surface area contributed by atoms with E-state index in [1.165, 1.54) is 25.7 Å². The van der Waals surface area contributed by atoms with Crippen molar-refractivity contribution in [3.05, 3.63) is 72.9 Å². The first-order chi connectivity index (χ1) is 28.4. The molecule has 1 fully saturated rings. The van der Waals surface area contributed by atoms with E-state index in [4.69, 9.17) is 18.5 Å². The molecule has 6 unspecified atom stereocenters. The fourth-order valence-electron chi connectivity index (χ4n) is 6.03. The van der Waals surface area contributed by atoms with Gasteiger partial charge in [0.25, 0.3) is 0 Å². The molecule has 0 amide bonds. The summed E-state index contributed by atoms with van der Waals surface area (Å²) in [7, 11) is -5.13. The fraction of sp³-hybridized carbons (Fsp3) is 0.689. The molecular weight excluding hydrogens is 779 g/mol. The number of ether oxygens (including phenoxy) is 2. The van der Waals surface area contributed by atoms with Crippen LogP contribution in [0.5, 0.6) is 0 Å². The molecule has 1 rings (SSSR count). The smallest absolute Gasteiger partial charge is 0.462 e. The number of hydrogen-bond acceptors (Lipinski definition) is 12. The molecule has 0 heterocycles. The van der Waals surface area contributed by atoms with Crippen molar-refractivity contribution in [1.29, 1.82) is 0 Å². The number of phosphoric acid groups is 1. The van der Waals surface area contributed by atoms with Crippen LogP contribution in [0.2, 0.25) is 0 Å². The molecule has 1 saturated carbocycles. The molecule has 0 aliphatic heterocycles. The highest BCUT2D eigenvalue weighted by atomic mass is 31.2. The third kappa shape index (κ3) is 27.7. The molecule has 8 atom stereocenters. The molecule has 13 nitrogen and oxygen atoms in total. The number of rotatable bonds is 34. The van der Waals surface area contributed by atoms with Crippen LogP contribution in [0.25, 0.3) is 0 Å². The lowest BCUT2D eigenvalue weighted by atomic mass is 9.85. The van der Waals surface area contributed by atoms with Crippen LogP contribution >= 0.6 is 7.82 Å². The topological polar surface area (TPSA) is 210 Å². The average molecular weight is 855 g/mol. The Kier molecular flexibility index (Phi) is 32.2. The van der Waals surface area contributed by atoms with E-state index < -0.39 is 75.7 Å². The Morgan fingerprint density at radius 2 is 1.02 bits per heavy atom. The normalized spacial score (nSPS) is 23.1. The van der Waals surface area contributed by atoms with Gasteiger partial charge < -0.3 is 39.9 Å². The number of carbonyl (C=O) groups is 2. The fourth-order valence-corrected chi connectivity index (χ4v) is 7.00. The van der Waals surface area contributed by atoms with Gasteiger partial charge in [-0.15, -0.1) is 0 Å². The van der Waals surface area contributed by atoms with E-state index >= 15 is 0 Å². The van der Waals surface area contributed by atoms with Crippen molar-refractivity contribution in [1.82, 2.24) is 0 Å². The Bertz CT molecular complexity index is 1310. The van der Waals surface area contributed by atoms with E-state index in [9.17, 15) is 44.6 Å². The zero-order valence-corrected chi connectivity index (χ0v) is 36.4. The largest absolute Gasteiger partial charge is 0.472 e. The highest BCUT2D eigenvalue weighted by molar-refractivity contribution is 7.47. The molecule has 14 heteroatoms. The van der Waals surface area contributed by atoms with Gasteiger partial charge in [0, 0.05) is 12.8 Å². The second-order valence-corrected chi connectivity index (χ2v) is 16.2. The molecule has 1 aliphatic carbocycles. The Hall–Kier alpha value is -2.71. The summed E-state index contributed by atoms with van der Waals surface area (Å²) in [6.07, 6.45) is 29.6. The van der Waals surface area contributed by atoms with Crippen molar-refractivity contribution in [2.24, 2.45) is 0 Å². The van der Waals surface area contributed by atoms with Gasteiger partial charge in [-0.05, 0) is 77.0 Å². The van der Waals surface area contributed by atoms with Crippen molar-refractivity contribution in [2.45, 2.75) is 185 Å². The van der Waals surface area contributed by atoms with E-state index in [0.717, 1.165) is 77.0 Å². The number of hydrogen-bond donors (Lipinski definition) is 6. The quantitative estimate of drug-likeness (QED) is 0.0120. The highest BCUT2D eigenvalue weighted by Gasteiger charge is 2.51. The van der Waals surface area contributed by atoms with Crippen LogP contribution in [0.3, 0.4) is 0 Å². The van der Waals surface area contributed by atoms with E-state index in [-0.39, 0.29) is 12.8 Å². The van der Waals surface area contributed by atoms with Gasteiger partial charge in [-0.2, -0.15) is 0 Å². The third-order valence-electron chi connectivity index (χ3n) is 9.56. The summed E-state index contributed by atoms with van der Waals surface area (Å²) in [5.41, 5.74) is 0. The second-order valence-electron chi connectivity index (χ2n) is 14.8. The standard InChI is InChI=1S/C45H75O13P/c1-3-5-7-9-11-13-15-17-19-21-23-25-27-29-31-33-38(46)55-35-37(36-56-59(53,54)58-45-43(51)41(49)40(48)42(50)44(45)52)57-39(47)34-32-30-28-26-24-22-20-18-16-14-12-10-8-6-4-2/h5,7,11,13-14,16-20,23,25,37,40-45,48-52H,3-4,6,8-10,12,15,21-22,24,26-36H2,1-2H3,(H,53,54)/b7-5+,13-11+,16-14+,19-17+,20-18+,25-23+/t37-,40?,41-,42?,43?,44?,45?/m1/s1. The van der Waals surface area contributed by atoms with Crippen LogP contribution in [0, 0.1) is 0 Å². The molecule has 59 heavy (non-hydrogen) atoms. The molecule has 0 aromatic heterocycles. The molecular formula is C45H75O13P. The van der Waals surface area contributed by atoms with Gasteiger partial charge in [0.1, 0.15) is 43.2 Å². The van der Waals surface area contributed by atoms with Crippen molar-refractivity contribution in [3.63, 3.8) is 0 Å². The summed E-state index contributed by atoms with van der Waals surface area (Å²) >= 11 is 0. The summed E-state index contributed by atoms with van der Waals surface area (Å²) in [4.78, 5) is 35.6. The number of allylic oxidation sites excluding steroid dienone is 12. The lowest BCUT2D eigenvalue weighted by Crippen LogP contribution is -2.64. The summed E-state index contributed by atoms with van der Waals surface area (Å²) in [5.74, 6) is -1.17. The number of phosphoric ester groups is 1. The van der Waals surface area contributed by atoms with Crippen LogP contribution in [-0.2, 0) is 32.7 Å². The van der Waals surface area contributed by atoms with Gasteiger partial charge in [-0.3, -0.25) is 18.6 Å². The Morgan fingerprint density at radius 3 is 1.61 bits per heavy atom. The van der Waals surface area contributed by atoms with Crippen LogP contribution < -0.4 is 0 Å². The minimum Gasteiger partial charge on any atom is -0.462 e. The van der Waals surface area contributed by atoms with Crippen molar-refractivity contribution in [3.8, 4) is 0 Å². The Labute approximate surface area is 353 Å². The zero-order chi connectivity index (χ0) is 43.6. The van der Waals surface area contributed by atoms with Crippen molar-refractivity contribution >= 4 is 19.8 Å². The molecule has 6 N–H and O–H groups in total. The lowest BCUT2D eigenvalue weighted by Gasteiger charge is -2.41. The third-order valence-corrected chi connectivity index (χ3v) is 10.5. The van der Waals surface area contributed by atoms with Gasteiger partial charge in [0.15, 0.2) is 6.10 Å². The summed E-state index contributed by atoms with van der Waals surface area (Å²) in [6.45, 7) is 3.09. The summed E-state index contributed by atoms with van der Waals surface area (Å²) in [5, 5.41) is 50.1. The monoisotopic (exact) mass is 854 g/mol. The van der Waals surface area contributed by atoms with Gasteiger partial charge in [0.05, 0.1) is 6.61 Å². The molecule has 338 valence electrons. The van der Waals surface area contributed by atoms with Crippen LogP contribution in [0.4, 0.5) is 0 Å². The summed E-state index contributed by atoms with van der Waals surface area (Å²) < 4.78 is 33.4. The SMILES string of the molecule is CC/C=C/C/C=C/C/C=C/C/C=C/CCCCC(=O)OC[C@H](COP(=O)(O)OC1C(O)C(O)C(O)[C@@H](O)C1O)OC(=O)CCCCCCC/C=C/C=C/CCCCCC. The predicted molar refractivity (Wildman–Crippen MR) is 230 cm³/mol. The average Bonchev–Trinajstić information content (AvgIpc) is 3.21. The first-order valence-electron chi connectivity index (χ1n) is 21.8. The van der Waals surface area contributed by atoms with Gasteiger partial charge in [-0.25, -0.2) is 4.57 Å². The number of unbranched alkanes of at least 4 members (excludes halogenated alkanes) is 11. The van der Waals surface area contributed by atoms with Crippen molar-refractivity contribution < 1.29 is 63.1 Å². The molecule has 0 radical (unpaired) electrons. The van der Waals surface area contributed by atoms with E-state index in [1.54, 1.807) is 0 Å². The van der Waals surface area contributed by atoms with Crippen LogP contribution in [-0.4, -0.2) is 98.3 Å². The zero-order valence-electron chi connectivity index (χ0n) is 35.5. The second kappa shape index (κ2) is 34.9. The molecule has 0 saturated heterocycles. The first-order valence-corrected chi connectivity index (χ1v) is 23.3. The van der Waals surface area contributed by atoms with E-state index in [0.29, 0.717) is 12.8 Å².